The Morgan fingerprint density at radius 2 is 1.66 bits per heavy atom. The molecule has 0 aliphatic rings. The van der Waals surface area contributed by atoms with Crippen LogP contribution in [0.2, 0.25) is 0 Å². The van der Waals surface area contributed by atoms with E-state index in [1.165, 1.54) is 0 Å². The fourth-order valence-electron chi connectivity index (χ4n) is 2.78. The van der Waals surface area contributed by atoms with Gasteiger partial charge >= 0.3 is 5.97 Å². The summed E-state index contributed by atoms with van der Waals surface area (Å²) in [6.45, 7) is 0.931. The van der Waals surface area contributed by atoms with Crippen molar-refractivity contribution in [3.8, 4) is 6.07 Å². The van der Waals surface area contributed by atoms with E-state index in [1.54, 1.807) is 6.20 Å². The Morgan fingerprint density at radius 3 is 2.28 bits per heavy atom. The van der Waals surface area contributed by atoms with Gasteiger partial charge in [0.2, 0.25) is 0 Å². The molecule has 0 saturated heterocycles. The molecule has 0 spiro atoms. The highest BCUT2D eigenvalue weighted by molar-refractivity contribution is 5.97. The van der Waals surface area contributed by atoms with Gasteiger partial charge in [-0.1, -0.05) is 55.0 Å². The minimum atomic E-state index is -0.817. The highest BCUT2D eigenvalue weighted by Crippen LogP contribution is 2.18. The maximum absolute atomic E-state index is 12.4. The molecule has 0 radical (unpaired) electrons. The molecule has 0 bridgehead atoms. The Labute approximate surface area is 171 Å². The summed E-state index contributed by atoms with van der Waals surface area (Å²) < 4.78 is 0. The predicted molar refractivity (Wildman–Crippen MR) is 112 cm³/mol. The van der Waals surface area contributed by atoms with Crippen LogP contribution in [-0.4, -0.2) is 23.5 Å². The van der Waals surface area contributed by atoms with E-state index in [0.29, 0.717) is 32.4 Å². The zero-order chi connectivity index (χ0) is 20.9. The monoisotopic (exact) mass is 391 g/mol. The van der Waals surface area contributed by atoms with Crippen molar-refractivity contribution < 1.29 is 14.7 Å². The maximum Gasteiger partial charge on any atom is 0.303 e. The molecule has 1 amide bonds. The average Bonchev–Trinajstić information content (AvgIpc) is 2.74. The standard InChI is InChI=1S/C23H25N3O3/c24-16-20(23(29)25-15-9-3-8-14-22(27)28)18-26(21-12-6-2-7-13-21)17-19-10-4-1-5-11-19/h1-2,4-7,10-13,18H,3,8-9,14-15,17H2,(H,25,29)(H,27,28)/b20-18-. The summed E-state index contributed by atoms with van der Waals surface area (Å²) >= 11 is 0. The molecular weight excluding hydrogens is 366 g/mol. The van der Waals surface area contributed by atoms with Gasteiger partial charge in [-0.2, -0.15) is 5.26 Å². The first-order valence-electron chi connectivity index (χ1n) is 9.57. The van der Waals surface area contributed by atoms with Crippen molar-refractivity contribution in [1.29, 1.82) is 5.26 Å². The Bertz CT molecular complexity index is 858. The first kappa shape index (κ1) is 21.7. The molecule has 29 heavy (non-hydrogen) atoms. The van der Waals surface area contributed by atoms with Gasteiger partial charge < -0.3 is 15.3 Å². The van der Waals surface area contributed by atoms with Gasteiger partial charge in [0.1, 0.15) is 11.6 Å². The molecule has 0 saturated carbocycles. The lowest BCUT2D eigenvalue weighted by molar-refractivity contribution is -0.137. The number of benzene rings is 2. The van der Waals surface area contributed by atoms with Crippen LogP contribution in [0, 0.1) is 11.3 Å². The molecule has 0 aliphatic heterocycles. The quantitative estimate of drug-likeness (QED) is 0.345. The second-order valence-electron chi connectivity index (χ2n) is 6.56. The molecule has 2 aromatic rings. The van der Waals surface area contributed by atoms with Gasteiger partial charge in [-0.3, -0.25) is 9.59 Å². The van der Waals surface area contributed by atoms with Gasteiger partial charge in [-0.25, -0.2) is 0 Å². The Kier molecular flexibility index (Phi) is 8.97. The van der Waals surface area contributed by atoms with Crippen molar-refractivity contribution in [1.82, 2.24) is 5.32 Å². The smallest absolute Gasteiger partial charge is 0.303 e. The van der Waals surface area contributed by atoms with E-state index in [2.05, 4.69) is 5.32 Å². The zero-order valence-electron chi connectivity index (χ0n) is 16.3. The molecule has 0 atom stereocenters. The highest BCUT2D eigenvalue weighted by Gasteiger charge is 2.12. The van der Waals surface area contributed by atoms with Gasteiger partial charge in [-0.15, -0.1) is 0 Å². The van der Waals surface area contributed by atoms with E-state index in [1.807, 2.05) is 71.6 Å². The summed E-state index contributed by atoms with van der Waals surface area (Å²) in [6, 6.07) is 21.4. The Morgan fingerprint density at radius 1 is 1.00 bits per heavy atom. The molecule has 0 aliphatic carbocycles. The van der Waals surface area contributed by atoms with Gasteiger partial charge in [-0.05, 0) is 30.5 Å². The number of aliphatic carboxylic acids is 1. The third kappa shape index (κ3) is 7.89. The number of carboxylic acid groups (broad SMARTS) is 1. The predicted octanol–water partition coefficient (Wildman–Crippen LogP) is 3.86. The number of rotatable bonds is 11. The maximum atomic E-state index is 12.4. The first-order chi connectivity index (χ1) is 14.1. The van der Waals surface area contributed by atoms with Gasteiger partial charge in [0.15, 0.2) is 0 Å². The normalized spacial score (nSPS) is 10.8. The second-order valence-corrected chi connectivity index (χ2v) is 6.56. The number of hydrogen-bond acceptors (Lipinski definition) is 4. The summed E-state index contributed by atoms with van der Waals surface area (Å²) in [5.74, 6) is -1.25. The summed E-state index contributed by atoms with van der Waals surface area (Å²) in [7, 11) is 0. The third-order valence-electron chi connectivity index (χ3n) is 4.29. The molecule has 0 aromatic heterocycles. The largest absolute Gasteiger partial charge is 0.481 e. The average molecular weight is 391 g/mol. The number of para-hydroxylation sites is 1. The van der Waals surface area contributed by atoms with E-state index in [4.69, 9.17) is 5.11 Å². The van der Waals surface area contributed by atoms with Crippen LogP contribution in [-0.2, 0) is 16.1 Å². The molecule has 0 heterocycles. The minimum Gasteiger partial charge on any atom is -0.481 e. The number of anilines is 1. The summed E-state index contributed by atoms with van der Waals surface area (Å²) in [4.78, 5) is 24.8. The number of nitriles is 1. The number of carbonyl (C=O) groups excluding carboxylic acids is 1. The van der Waals surface area contributed by atoms with Gasteiger partial charge in [0.25, 0.3) is 5.91 Å². The molecule has 6 heteroatoms. The number of nitrogens with zero attached hydrogens (tertiary/aromatic N) is 2. The number of unbranched alkanes of at least 4 members (excludes halogenated alkanes) is 2. The number of amides is 1. The Hall–Kier alpha value is -3.59. The summed E-state index contributed by atoms with van der Waals surface area (Å²) in [5.41, 5.74) is 1.96. The molecular formula is C23H25N3O3. The number of nitrogens with one attached hydrogen (secondary N) is 1. The van der Waals surface area contributed by atoms with Crippen LogP contribution in [0.25, 0.3) is 0 Å². The Balaban J connectivity index is 2.03. The fraction of sp³-hybridized carbons (Fsp3) is 0.261. The third-order valence-corrected chi connectivity index (χ3v) is 4.29. The zero-order valence-corrected chi connectivity index (χ0v) is 16.3. The van der Waals surface area contributed by atoms with E-state index >= 15 is 0 Å². The molecule has 2 rings (SSSR count). The lowest BCUT2D eigenvalue weighted by Gasteiger charge is -2.21. The van der Waals surface area contributed by atoms with E-state index in [-0.39, 0.29) is 12.0 Å². The molecule has 2 N–H and O–H groups in total. The van der Waals surface area contributed by atoms with Crippen LogP contribution >= 0.6 is 0 Å². The van der Waals surface area contributed by atoms with Crippen LogP contribution in [0.4, 0.5) is 5.69 Å². The number of carboxylic acids is 1. The van der Waals surface area contributed by atoms with Crippen molar-refractivity contribution >= 4 is 17.6 Å². The van der Waals surface area contributed by atoms with Crippen molar-refractivity contribution in [3.05, 3.63) is 78.0 Å². The topological polar surface area (TPSA) is 93.4 Å². The van der Waals surface area contributed by atoms with Crippen molar-refractivity contribution in [2.75, 3.05) is 11.4 Å². The van der Waals surface area contributed by atoms with Crippen LogP contribution in [0.1, 0.15) is 31.2 Å². The summed E-state index contributed by atoms with van der Waals surface area (Å²) in [5, 5.41) is 20.9. The second kappa shape index (κ2) is 12.0. The van der Waals surface area contributed by atoms with Gasteiger partial charge in [0, 0.05) is 31.4 Å². The van der Waals surface area contributed by atoms with Crippen molar-refractivity contribution in [2.45, 2.75) is 32.2 Å². The molecule has 6 nitrogen and oxygen atoms in total. The van der Waals surface area contributed by atoms with E-state index in [0.717, 1.165) is 11.3 Å². The van der Waals surface area contributed by atoms with Crippen LogP contribution < -0.4 is 10.2 Å². The molecule has 150 valence electrons. The first-order valence-corrected chi connectivity index (χ1v) is 9.57. The number of carbonyl (C=O) groups is 2. The van der Waals surface area contributed by atoms with E-state index in [9.17, 15) is 14.9 Å². The van der Waals surface area contributed by atoms with Crippen LogP contribution in [0.5, 0.6) is 0 Å². The lowest BCUT2D eigenvalue weighted by Crippen LogP contribution is -2.27. The SMILES string of the molecule is N#C/C(=C/N(Cc1ccccc1)c1ccccc1)C(=O)NCCCCCC(=O)O. The summed E-state index contributed by atoms with van der Waals surface area (Å²) in [6.07, 6.45) is 3.66. The van der Waals surface area contributed by atoms with Crippen LogP contribution in [0.3, 0.4) is 0 Å². The molecule has 2 aromatic carbocycles. The van der Waals surface area contributed by atoms with Crippen molar-refractivity contribution in [3.63, 3.8) is 0 Å². The minimum absolute atomic E-state index is 0.0234. The van der Waals surface area contributed by atoms with E-state index < -0.39 is 11.9 Å². The molecule has 0 fully saturated rings. The van der Waals surface area contributed by atoms with Gasteiger partial charge in [0.05, 0.1) is 0 Å². The molecule has 0 unspecified atom stereocenters. The highest BCUT2D eigenvalue weighted by atomic mass is 16.4. The van der Waals surface area contributed by atoms with Crippen LogP contribution in [0.15, 0.2) is 72.4 Å². The van der Waals surface area contributed by atoms with Crippen molar-refractivity contribution in [2.24, 2.45) is 0 Å². The fourth-order valence-corrected chi connectivity index (χ4v) is 2.78. The number of hydrogen-bond donors (Lipinski definition) is 2. The lowest BCUT2D eigenvalue weighted by atomic mass is 10.1.